The van der Waals surface area contributed by atoms with E-state index in [1.807, 2.05) is 24.3 Å². The van der Waals surface area contributed by atoms with E-state index in [1.165, 1.54) is 0 Å². The summed E-state index contributed by atoms with van der Waals surface area (Å²) in [5.74, 6) is 1.49. The summed E-state index contributed by atoms with van der Waals surface area (Å²) in [7, 11) is 0. The minimum absolute atomic E-state index is 0. The molecule has 0 aliphatic heterocycles. The maximum Gasteiger partial charge on any atom is 0.119 e. The van der Waals surface area contributed by atoms with Crippen molar-refractivity contribution in [3.63, 3.8) is 0 Å². The standard InChI is InChI=1S/C11H17NO.ClH/c1-9(2)8-13-11-5-3-10(7-12)4-6-11;/h3-6,9H,7-8,12H2,1-2H3;1H. The lowest BCUT2D eigenvalue weighted by molar-refractivity contribution is 0.271. The maximum atomic E-state index is 5.53. The van der Waals surface area contributed by atoms with Crippen molar-refractivity contribution >= 4 is 12.4 Å². The largest absolute Gasteiger partial charge is 0.493 e. The van der Waals surface area contributed by atoms with Crippen LogP contribution in [0.5, 0.6) is 5.75 Å². The summed E-state index contributed by atoms with van der Waals surface area (Å²) >= 11 is 0. The summed E-state index contributed by atoms with van der Waals surface area (Å²) in [6.45, 7) is 5.62. The molecular formula is C11H18ClNO. The number of hydrogen-bond acceptors (Lipinski definition) is 2. The van der Waals surface area contributed by atoms with E-state index < -0.39 is 0 Å². The number of benzene rings is 1. The minimum Gasteiger partial charge on any atom is -0.493 e. The number of ether oxygens (including phenoxy) is 1. The highest BCUT2D eigenvalue weighted by molar-refractivity contribution is 5.85. The van der Waals surface area contributed by atoms with Gasteiger partial charge in [-0.25, -0.2) is 0 Å². The van der Waals surface area contributed by atoms with Crippen LogP contribution in [0.3, 0.4) is 0 Å². The summed E-state index contributed by atoms with van der Waals surface area (Å²) in [5, 5.41) is 0. The molecule has 0 bridgehead atoms. The van der Waals surface area contributed by atoms with Crippen molar-refractivity contribution in [1.82, 2.24) is 0 Å². The second kappa shape index (κ2) is 6.68. The van der Waals surface area contributed by atoms with Crippen molar-refractivity contribution in [2.45, 2.75) is 20.4 Å². The Bertz CT molecular complexity index is 246. The fourth-order valence-corrected chi connectivity index (χ4v) is 0.985. The second-order valence-electron chi connectivity index (χ2n) is 3.55. The predicted molar refractivity (Wildman–Crippen MR) is 61.9 cm³/mol. The number of halogens is 1. The van der Waals surface area contributed by atoms with Crippen molar-refractivity contribution in [2.24, 2.45) is 11.7 Å². The zero-order valence-corrected chi connectivity index (χ0v) is 9.51. The van der Waals surface area contributed by atoms with Crippen LogP contribution in [-0.2, 0) is 6.54 Å². The van der Waals surface area contributed by atoms with Crippen LogP contribution in [0.15, 0.2) is 24.3 Å². The summed E-state index contributed by atoms with van der Waals surface area (Å²) in [6, 6.07) is 7.92. The van der Waals surface area contributed by atoms with Crippen molar-refractivity contribution in [3.8, 4) is 5.75 Å². The van der Waals surface area contributed by atoms with Gasteiger partial charge in [-0.3, -0.25) is 0 Å². The third kappa shape index (κ3) is 4.49. The van der Waals surface area contributed by atoms with Gasteiger partial charge in [0.05, 0.1) is 6.61 Å². The van der Waals surface area contributed by atoms with E-state index in [-0.39, 0.29) is 12.4 Å². The fourth-order valence-electron chi connectivity index (χ4n) is 0.985. The molecule has 0 heterocycles. The smallest absolute Gasteiger partial charge is 0.119 e. The molecular weight excluding hydrogens is 198 g/mol. The Morgan fingerprint density at radius 2 is 1.79 bits per heavy atom. The number of rotatable bonds is 4. The Morgan fingerprint density at radius 3 is 2.21 bits per heavy atom. The molecule has 2 nitrogen and oxygen atoms in total. The maximum absolute atomic E-state index is 5.53. The average molecular weight is 216 g/mol. The van der Waals surface area contributed by atoms with Crippen molar-refractivity contribution in [1.29, 1.82) is 0 Å². The molecule has 0 aliphatic carbocycles. The first-order valence-corrected chi connectivity index (χ1v) is 4.64. The first-order valence-electron chi connectivity index (χ1n) is 4.64. The lowest BCUT2D eigenvalue weighted by Crippen LogP contribution is -2.04. The van der Waals surface area contributed by atoms with Gasteiger partial charge in [0.25, 0.3) is 0 Å². The van der Waals surface area contributed by atoms with Gasteiger partial charge in [0, 0.05) is 6.54 Å². The van der Waals surface area contributed by atoms with Crippen LogP contribution in [0, 0.1) is 5.92 Å². The summed E-state index contributed by atoms with van der Waals surface area (Å²) in [4.78, 5) is 0. The van der Waals surface area contributed by atoms with Gasteiger partial charge < -0.3 is 10.5 Å². The molecule has 2 N–H and O–H groups in total. The van der Waals surface area contributed by atoms with Crippen molar-refractivity contribution in [2.75, 3.05) is 6.61 Å². The van der Waals surface area contributed by atoms with E-state index in [0.29, 0.717) is 12.5 Å². The molecule has 0 fully saturated rings. The predicted octanol–water partition coefficient (Wildman–Crippen LogP) is 2.60. The Morgan fingerprint density at radius 1 is 1.21 bits per heavy atom. The van der Waals surface area contributed by atoms with Gasteiger partial charge in [-0.2, -0.15) is 0 Å². The molecule has 1 rings (SSSR count). The Balaban J connectivity index is 0.00000169. The monoisotopic (exact) mass is 215 g/mol. The zero-order chi connectivity index (χ0) is 9.68. The Labute approximate surface area is 91.9 Å². The highest BCUT2D eigenvalue weighted by Gasteiger charge is 1.96. The van der Waals surface area contributed by atoms with Crippen LogP contribution in [-0.4, -0.2) is 6.61 Å². The molecule has 0 aromatic heterocycles. The molecule has 0 aliphatic rings. The van der Waals surface area contributed by atoms with E-state index in [9.17, 15) is 0 Å². The first kappa shape index (κ1) is 13.3. The summed E-state index contributed by atoms with van der Waals surface area (Å²) in [6.07, 6.45) is 0. The van der Waals surface area contributed by atoms with Crippen molar-refractivity contribution in [3.05, 3.63) is 29.8 Å². The molecule has 3 heteroatoms. The van der Waals surface area contributed by atoms with Crippen LogP contribution in [0.1, 0.15) is 19.4 Å². The van der Waals surface area contributed by atoms with Gasteiger partial charge in [0.1, 0.15) is 5.75 Å². The topological polar surface area (TPSA) is 35.2 Å². The molecule has 0 saturated carbocycles. The highest BCUT2D eigenvalue weighted by atomic mass is 35.5. The van der Waals surface area contributed by atoms with E-state index in [0.717, 1.165) is 17.9 Å². The van der Waals surface area contributed by atoms with E-state index >= 15 is 0 Å². The number of nitrogens with two attached hydrogens (primary N) is 1. The van der Waals surface area contributed by atoms with Crippen molar-refractivity contribution < 1.29 is 4.74 Å². The molecule has 0 atom stereocenters. The SMILES string of the molecule is CC(C)COc1ccc(CN)cc1.Cl. The van der Waals surface area contributed by atoms with Crippen LogP contribution < -0.4 is 10.5 Å². The van der Waals surface area contributed by atoms with Crippen LogP contribution in [0.4, 0.5) is 0 Å². The Hall–Kier alpha value is -0.730. The molecule has 80 valence electrons. The molecule has 0 saturated heterocycles. The first-order chi connectivity index (χ1) is 6.22. The quantitative estimate of drug-likeness (QED) is 0.838. The number of hydrogen-bond donors (Lipinski definition) is 1. The van der Waals surface area contributed by atoms with Gasteiger partial charge in [0.2, 0.25) is 0 Å². The van der Waals surface area contributed by atoms with E-state index in [2.05, 4.69) is 13.8 Å². The van der Waals surface area contributed by atoms with Gasteiger partial charge in [-0.1, -0.05) is 26.0 Å². The van der Waals surface area contributed by atoms with E-state index in [4.69, 9.17) is 10.5 Å². The van der Waals surface area contributed by atoms with Gasteiger partial charge in [-0.15, -0.1) is 12.4 Å². The molecule has 0 spiro atoms. The zero-order valence-electron chi connectivity index (χ0n) is 8.69. The van der Waals surface area contributed by atoms with Crippen LogP contribution >= 0.6 is 12.4 Å². The van der Waals surface area contributed by atoms with Crippen LogP contribution in [0.2, 0.25) is 0 Å². The van der Waals surface area contributed by atoms with E-state index in [1.54, 1.807) is 0 Å². The van der Waals surface area contributed by atoms with Gasteiger partial charge in [-0.05, 0) is 23.6 Å². The van der Waals surface area contributed by atoms with Crippen LogP contribution in [0.25, 0.3) is 0 Å². The third-order valence-electron chi connectivity index (χ3n) is 1.74. The molecule has 14 heavy (non-hydrogen) atoms. The average Bonchev–Trinajstić information content (AvgIpc) is 2.15. The molecule has 0 unspecified atom stereocenters. The Kier molecular flexibility index (Phi) is 6.34. The summed E-state index contributed by atoms with van der Waals surface area (Å²) in [5.41, 5.74) is 6.62. The molecule has 1 aromatic rings. The second-order valence-corrected chi connectivity index (χ2v) is 3.55. The lowest BCUT2D eigenvalue weighted by atomic mass is 10.2. The normalized spacial score (nSPS) is 9.71. The minimum atomic E-state index is 0. The third-order valence-corrected chi connectivity index (χ3v) is 1.74. The van der Waals surface area contributed by atoms with Gasteiger partial charge in [0.15, 0.2) is 0 Å². The molecule has 1 aromatic carbocycles. The molecule has 0 radical (unpaired) electrons. The molecule has 0 amide bonds. The fraction of sp³-hybridized carbons (Fsp3) is 0.455. The highest BCUT2D eigenvalue weighted by Crippen LogP contribution is 2.12. The summed E-state index contributed by atoms with van der Waals surface area (Å²) < 4.78 is 5.53. The lowest BCUT2D eigenvalue weighted by Gasteiger charge is -2.08. The van der Waals surface area contributed by atoms with Gasteiger partial charge >= 0.3 is 0 Å².